The number of nitrogens with one attached hydrogen (secondary N) is 2. The second-order valence-electron chi connectivity index (χ2n) is 4.26. The Balaban J connectivity index is 2.02. The van der Waals surface area contributed by atoms with Crippen LogP contribution in [0.5, 0.6) is 0 Å². The summed E-state index contributed by atoms with van der Waals surface area (Å²) in [5, 5.41) is 3.10. The molecule has 1 fully saturated rings. The zero-order valence-corrected chi connectivity index (χ0v) is 8.88. The first kappa shape index (κ1) is 8.92. The largest absolute Gasteiger partial charge is 0.341 e. The number of rotatable bonds is 3. The third-order valence-electron chi connectivity index (χ3n) is 2.95. The first-order chi connectivity index (χ1) is 7.36. The highest BCUT2D eigenvalue weighted by Gasteiger charge is 2.23. The van der Waals surface area contributed by atoms with Gasteiger partial charge in [-0.2, -0.15) is 0 Å². The number of hydrogen-bond donors (Lipinski definition) is 2. The fraction of sp³-hybridized carbons (Fsp3) is 0.417. The van der Waals surface area contributed by atoms with Crippen LogP contribution in [0.2, 0.25) is 0 Å². The Bertz CT molecular complexity index is 483. The predicted molar refractivity (Wildman–Crippen MR) is 60.8 cm³/mol. The Morgan fingerprint density at radius 2 is 2.33 bits per heavy atom. The molecule has 2 aromatic rings. The van der Waals surface area contributed by atoms with E-state index < -0.39 is 0 Å². The molecule has 1 aliphatic rings. The molecule has 3 heteroatoms. The average molecular weight is 201 g/mol. The minimum Gasteiger partial charge on any atom is -0.341 e. The third-order valence-corrected chi connectivity index (χ3v) is 2.95. The standard InChI is InChI=1S/C12H15N3/c1-13-7-12-14-10-5-4-9(8-2-3-8)6-11(10)15-12/h4-6,8,13H,2-3,7H2,1H3,(H,14,15). The molecule has 0 atom stereocenters. The SMILES string of the molecule is CNCc1nc2ccc(C3CC3)cc2[nH]1. The minimum absolute atomic E-state index is 0.799. The molecule has 0 unspecified atom stereocenters. The highest BCUT2D eigenvalue weighted by atomic mass is 15.0. The fourth-order valence-electron chi connectivity index (χ4n) is 2.00. The summed E-state index contributed by atoms with van der Waals surface area (Å²) in [6.07, 6.45) is 2.70. The highest BCUT2D eigenvalue weighted by molar-refractivity contribution is 5.76. The minimum atomic E-state index is 0.799. The summed E-state index contributed by atoms with van der Waals surface area (Å²) < 4.78 is 0. The van der Waals surface area contributed by atoms with Crippen LogP contribution in [0.25, 0.3) is 11.0 Å². The van der Waals surface area contributed by atoms with Crippen LogP contribution < -0.4 is 5.32 Å². The van der Waals surface area contributed by atoms with Crippen LogP contribution in [-0.2, 0) is 6.54 Å². The fourth-order valence-corrected chi connectivity index (χ4v) is 2.00. The Labute approximate surface area is 88.9 Å². The van der Waals surface area contributed by atoms with Crippen molar-refractivity contribution in [1.82, 2.24) is 15.3 Å². The van der Waals surface area contributed by atoms with E-state index in [0.717, 1.165) is 23.8 Å². The lowest BCUT2D eigenvalue weighted by atomic mass is 10.1. The van der Waals surface area contributed by atoms with Gasteiger partial charge in [-0.1, -0.05) is 6.07 Å². The van der Waals surface area contributed by atoms with Gasteiger partial charge in [-0.05, 0) is 43.5 Å². The van der Waals surface area contributed by atoms with Crippen LogP contribution in [0.4, 0.5) is 0 Å². The number of benzene rings is 1. The van der Waals surface area contributed by atoms with Gasteiger partial charge in [0.25, 0.3) is 0 Å². The van der Waals surface area contributed by atoms with Gasteiger partial charge < -0.3 is 10.3 Å². The summed E-state index contributed by atoms with van der Waals surface area (Å²) in [6, 6.07) is 6.59. The van der Waals surface area contributed by atoms with Gasteiger partial charge in [-0.3, -0.25) is 0 Å². The van der Waals surface area contributed by atoms with E-state index in [1.54, 1.807) is 0 Å². The number of aromatic amines is 1. The van der Waals surface area contributed by atoms with E-state index in [2.05, 4.69) is 33.5 Å². The predicted octanol–water partition coefficient (Wildman–Crippen LogP) is 2.16. The maximum atomic E-state index is 4.51. The van der Waals surface area contributed by atoms with Crippen LogP contribution in [-0.4, -0.2) is 17.0 Å². The summed E-state index contributed by atoms with van der Waals surface area (Å²) in [4.78, 5) is 7.85. The quantitative estimate of drug-likeness (QED) is 0.799. The second kappa shape index (κ2) is 3.35. The molecule has 78 valence electrons. The molecule has 1 aromatic carbocycles. The average Bonchev–Trinajstić information content (AvgIpc) is 2.99. The topological polar surface area (TPSA) is 40.7 Å². The normalized spacial score (nSPS) is 16.1. The summed E-state index contributed by atoms with van der Waals surface area (Å²) in [7, 11) is 1.93. The second-order valence-corrected chi connectivity index (χ2v) is 4.26. The molecule has 0 spiro atoms. The number of nitrogens with zero attached hydrogens (tertiary/aromatic N) is 1. The van der Waals surface area contributed by atoms with Gasteiger partial charge in [-0.15, -0.1) is 0 Å². The molecule has 0 amide bonds. The molecule has 1 aromatic heterocycles. The van der Waals surface area contributed by atoms with E-state index >= 15 is 0 Å². The van der Waals surface area contributed by atoms with Crippen LogP contribution >= 0.6 is 0 Å². The summed E-state index contributed by atoms with van der Waals surface area (Å²) >= 11 is 0. The number of fused-ring (bicyclic) bond motifs is 1. The van der Waals surface area contributed by atoms with Crippen molar-refractivity contribution in [2.75, 3.05) is 7.05 Å². The molecule has 1 heterocycles. The van der Waals surface area contributed by atoms with Gasteiger partial charge in [0.1, 0.15) is 5.82 Å². The van der Waals surface area contributed by atoms with Crippen molar-refractivity contribution < 1.29 is 0 Å². The molecule has 3 nitrogen and oxygen atoms in total. The number of hydrogen-bond acceptors (Lipinski definition) is 2. The molecule has 0 bridgehead atoms. The molecule has 0 aliphatic heterocycles. The van der Waals surface area contributed by atoms with E-state index in [4.69, 9.17) is 0 Å². The van der Waals surface area contributed by atoms with Crippen LogP contribution in [0.1, 0.15) is 30.1 Å². The van der Waals surface area contributed by atoms with Crippen molar-refractivity contribution in [2.45, 2.75) is 25.3 Å². The monoisotopic (exact) mass is 201 g/mol. The summed E-state index contributed by atoms with van der Waals surface area (Å²) in [5.74, 6) is 1.82. The van der Waals surface area contributed by atoms with E-state index in [0.29, 0.717) is 0 Å². The van der Waals surface area contributed by atoms with Gasteiger partial charge in [0.05, 0.1) is 17.6 Å². The first-order valence-electron chi connectivity index (χ1n) is 5.50. The maximum Gasteiger partial charge on any atom is 0.121 e. The lowest BCUT2D eigenvalue weighted by Crippen LogP contribution is -2.06. The van der Waals surface area contributed by atoms with Crippen LogP contribution in [0.3, 0.4) is 0 Å². The van der Waals surface area contributed by atoms with Gasteiger partial charge in [-0.25, -0.2) is 4.98 Å². The summed E-state index contributed by atoms with van der Waals surface area (Å²) in [6.45, 7) is 0.799. The highest BCUT2D eigenvalue weighted by Crippen LogP contribution is 2.40. The number of imidazole rings is 1. The van der Waals surface area contributed by atoms with Crippen molar-refractivity contribution in [3.05, 3.63) is 29.6 Å². The lowest BCUT2D eigenvalue weighted by molar-refractivity contribution is 0.775. The summed E-state index contributed by atoms with van der Waals surface area (Å²) in [5.41, 5.74) is 3.71. The van der Waals surface area contributed by atoms with Gasteiger partial charge in [0.2, 0.25) is 0 Å². The van der Waals surface area contributed by atoms with E-state index in [1.165, 1.54) is 23.9 Å². The zero-order chi connectivity index (χ0) is 10.3. The number of aromatic nitrogens is 2. The molecule has 3 rings (SSSR count). The van der Waals surface area contributed by atoms with Crippen molar-refractivity contribution in [2.24, 2.45) is 0 Å². The van der Waals surface area contributed by atoms with Crippen LogP contribution in [0, 0.1) is 0 Å². The Kier molecular flexibility index (Phi) is 1.99. The number of H-pyrrole nitrogens is 1. The van der Waals surface area contributed by atoms with Gasteiger partial charge >= 0.3 is 0 Å². The first-order valence-corrected chi connectivity index (χ1v) is 5.50. The van der Waals surface area contributed by atoms with Crippen molar-refractivity contribution in [1.29, 1.82) is 0 Å². The Morgan fingerprint density at radius 3 is 3.07 bits per heavy atom. The van der Waals surface area contributed by atoms with Crippen molar-refractivity contribution in [3.8, 4) is 0 Å². The van der Waals surface area contributed by atoms with Crippen molar-refractivity contribution in [3.63, 3.8) is 0 Å². The van der Waals surface area contributed by atoms with E-state index in [9.17, 15) is 0 Å². The van der Waals surface area contributed by atoms with E-state index in [1.807, 2.05) is 7.05 Å². The zero-order valence-electron chi connectivity index (χ0n) is 8.88. The molecule has 0 saturated heterocycles. The van der Waals surface area contributed by atoms with Crippen LogP contribution in [0.15, 0.2) is 18.2 Å². The molecule has 15 heavy (non-hydrogen) atoms. The Morgan fingerprint density at radius 1 is 1.47 bits per heavy atom. The lowest BCUT2D eigenvalue weighted by Gasteiger charge is -1.95. The molecule has 2 N–H and O–H groups in total. The smallest absolute Gasteiger partial charge is 0.121 e. The van der Waals surface area contributed by atoms with Crippen molar-refractivity contribution >= 4 is 11.0 Å². The molecular formula is C12H15N3. The van der Waals surface area contributed by atoms with Gasteiger partial charge in [0.15, 0.2) is 0 Å². The molecule has 1 aliphatic carbocycles. The van der Waals surface area contributed by atoms with Gasteiger partial charge in [0, 0.05) is 0 Å². The molecule has 0 radical (unpaired) electrons. The third kappa shape index (κ3) is 1.63. The maximum absolute atomic E-state index is 4.51. The molecule has 1 saturated carbocycles. The molecular weight excluding hydrogens is 186 g/mol. The van der Waals surface area contributed by atoms with E-state index in [-0.39, 0.29) is 0 Å². The Hall–Kier alpha value is -1.35.